The summed E-state index contributed by atoms with van der Waals surface area (Å²) in [5.41, 5.74) is 0. The van der Waals surface area contributed by atoms with Crippen LogP contribution in [0.15, 0.2) is 0 Å². The molecule has 0 heterocycles. The monoisotopic (exact) mass is 370 g/mol. The Labute approximate surface area is 123 Å². The fraction of sp³-hybridized carbons (Fsp3) is 1.00. The summed E-state index contributed by atoms with van der Waals surface area (Å²) in [6.45, 7) is 7.84. The molecule has 0 saturated heterocycles. The van der Waals surface area contributed by atoms with Crippen LogP contribution in [-0.4, -0.2) is 19.4 Å². The van der Waals surface area contributed by atoms with E-state index >= 15 is 0 Å². The van der Waals surface area contributed by atoms with Gasteiger partial charge in [-0.25, -0.2) is 0 Å². The van der Waals surface area contributed by atoms with Gasteiger partial charge in [0.05, 0.1) is 0 Å². The number of halogens is 1. The van der Waals surface area contributed by atoms with E-state index in [0.29, 0.717) is 0 Å². The van der Waals surface area contributed by atoms with Crippen molar-refractivity contribution in [3.8, 4) is 0 Å². The van der Waals surface area contributed by atoms with Gasteiger partial charge in [-0.05, 0) is 35.4 Å². The third-order valence-electron chi connectivity index (χ3n) is 3.35. The Morgan fingerprint density at radius 2 is 1.35 bits per heavy atom. The van der Waals surface area contributed by atoms with Gasteiger partial charge in [0.25, 0.3) is 0 Å². The minimum atomic E-state index is -1.38. The van der Waals surface area contributed by atoms with Crippen molar-refractivity contribution in [3.63, 3.8) is 0 Å². The molecule has 0 fully saturated rings. The van der Waals surface area contributed by atoms with E-state index in [1.165, 1.54) is 61.1 Å². The van der Waals surface area contributed by atoms with Gasteiger partial charge in [0.15, 0.2) is 8.32 Å². The Hall–Kier alpha value is 0.907. The van der Waals surface area contributed by atoms with E-state index in [1.807, 2.05) is 0 Å². The number of hydrogen-bond donors (Lipinski definition) is 0. The minimum Gasteiger partial charge on any atom is -0.417 e. The lowest BCUT2D eigenvalue weighted by molar-refractivity contribution is 0.294. The van der Waals surface area contributed by atoms with Crippen LogP contribution >= 0.6 is 22.6 Å². The lowest BCUT2D eigenvalue weighted by Crippen LogP contribution is -2.38. The predicted octanol–water partition coefficient (Wildman–Crippen LogP) is 5.78. The highest BCUT2D eigenvalue weighted by Gasteiger charge is 2.32. The predicted molar refractivity (Wildman–Crippen MR) is 89.7 cm³/mol. The number of hydrogen-bond acceptors (Lipinski definition) is 1. The summed E-state index contributed by atoms with van der Waals surface area (Å²) in [7, 11) is -1.38. The first-order chi connectivity index (χ1) is 8.24. The quantitative estimate of drug-likeness (QED) is 0.240. The third-order valence-corrected chi connectivity index (χ3v) is 8.72. The van der Waals surface area contributed by atoms with Crippen LogP contribution in [0.2, 0.25) is 18.1 Å². The molecule has 0 aromatic carbocycles. The van der Waals surface area contributed by atoms with Gasteiger partial charge in [-0.2, -0.15) is 0 Å². The number of unbranched alkanes of at least 4 members (excludes halogenated alkanes) is 2. The highest BCUT2D eigenvalue weighted by molar-refractivity contribution is 14.1. The molecule has 1 nitrogen and oxygen atoms in total. The van der Waals surface area contributed by atoms with Gasteiger partial charge in [0, 0.05) is 6.61 Å². The van der Waals surface area contributed by atoms with E-state index in [4.69, 9.17) is 4.43 Å². The molecule has 104 valence electrons. The van der Waals surface area contributed by atoms with E-state index in [9.17, 15) is 0 Å². The Kier molecular flexibility index (Phi) is 12.6. The maximum atomic E-state index is 6.42. The number of alkyl halides is 1. The normalized spacial score (nSPS) is 12.0. The lowest BCUT2D eigenvalue weighted by Gasteiger charge is -2.31. The second kappa shape index (κ2) is 12.0. The van der Waals surface area contributed by atoms with Crippen molar-refractivity contribution in [2.75, 3.05) is 11.0 Å². The van der Waals surface area contributed by atoms with Gasteiger partial charge in [-0.15, -0.1) is 0 Å². The summed E-state index contributed by atoms with van der Waals surface area (Å²) in [6, 6.07) is 4.20. The van der Waals surface area contributed by atoms with Crippen LogP contribution in [0.3, 0.4) is 0 Å². The molecule has 0 atom stereocenters. The van der Waals surface area contributed by atoms with Crippen LogP contribution in [0, 0.1) is 0 Å². The average Bonchev–Trinajstić information content (AvgIpc) is 2.37. The molecule has 0 N–H and O–H groups in total. The van der Waals surface area contributed by atoms with Crippen molar-refractivity contribution in [3.05, 3.63) is 0 Å². The Morgan fingerprint density at radius 1 is 0.824 bits per heavy atom. The van der Waals surface area contributed by atoms with Gasteiger partial charge < -0.3 is 4.43 Å². The molecule has 0 aliphatic heterocycles. The first-order valence-corrected chi connectivity index (χ1v) is 11.5. The van der Waals surface area contributed by atoms with Crippen LogP contribution < -0.4 is 0 Å². The first kappa shape index (κ1) is 17.9. The fourth-order valence-electron chi connectivity index (χ4n) is 2.30. The van der Waals surface area contributed by atoms with Crippen molar-refractivity contribution >= 4 is 30.9 Å². The number of rotatable bonds is 12. The molecule has 17 heavy (non-hydrogen) atoms. The maximum absolute atomic E-state index is 6.42. The van der Waals surface area contributed by atoms with Crippen LogP contribution in [0.25, 0.3) is 0 Å². The smallest absolute Gasteiger partial charge is 0.192 e. The molecule has 3 heteroatoms. The third kappa shape index (κ3) is 8.60. The summed E-state index contributed by atoms with van der Waals surface area (Å²) in [6.07, 6.45) is 7.93. The van der Waals surface area contributed by atoms with Gasteiger partial charge >= 0.3 is 0 Å². The molecule has 0 rings (SSSR count). The molecule has 0 bridgehead atoms. The zero-order valence-electron chi connectivity index (χ0n) is 12.1. The van der Waals surface area contributed by atoms with Crippen LogP contribution in [-0.2, 0) is 4.43 Å². The molecule has 0 aromatic heterocycles. The van der Waals surface area contributed by atoms with E-state index in [1.54, 1.807) is 0 Å². The van der Waals surface area contributed by atoms with E-state index in [0.717, 1.165) is 6.61 Å². The molecule has 0 aromatic rings. The second-order valence-corrected chi connectivity index (χ2v) is 10.3. The van der Waals surface area contributed by atoms with E-state index < -0.39 is 8.32 Å². The highest BCUT2D eigenvalue weighted by atomic mass is 127. The van der Waals surface area contributed by atoms with E-state index in [2.05, 4.69) is 43.4 Å². The first-order valence-electron chi connectivity index (χ1n) is 7.44. The summed E-state index contributed by atoms with van der Waals surface area (Å²) in [5, 5.41) is 0. The standard InChI is InChI=1S/C14H31IOSi/c1-4-7-12-17(13-8-5-2,14-9-10-15)16-11-6-3/h4-14H2,1-3H3. The zero-order valence-corrected chi connectivity index (χ0v) is 15.2. The van der Waals surface area contributed by atoms with Crippen LogP contribution in [0.1, 0.15) is 59.3 Å². The van der Waals surface area contributed by atoms with Crippen molar-refractivity contribution in [2.24, 2.45) is 0 Å². The summed E-state index contributed by atoms with van der Waals surface area (Å²) < 4.78 is 7.71. The van der Waals surface area contributed by atoms with Crippen molar-refractivity contribution in [2.45, 2.75) is 77.4 Å². The second-order valence-electron chi connectivity index (χ2n) is 5.03. The largest absolute Gasteiger partial charge is 0.417 e. The van der Waals surface area contributed by atoms with Crippen molar-refractivity contribution < 1.29 is 4.43 Å². The fourth-order valence-corrected chi connectivity index (χ4v) is 8.04. The van der Waals surface area contributed by atoms with Gasteiger partial charge in [-0.1, -0.05) is 69.0 Å². The van der Waals surface area contributed by atoms with Crippen LogP contribution in [0.4, 0.5) is 0 Å². The molecule has 0 aliphatic carbocycles. The van der Waals surface area contributed by atoms with Gasteiger partial charge in [-0.3, -0.25) is 0 Å². The van der Waals surface area contributed by atoms with Gasteiger partial charge in [0.2, 0.25) is 0 Å². The molecule has 0 spiro atoms. The summed E-state index contributed by atoms with van der Waals surface area (Å²) in [5.74, 6) is 0. The highest BCUT2D eigenvalue weighted by Crippen LogP contribution is 2.29. The lowest BCUT2D eigenvalue weighted by atomic mass is 10.4. The minimum absolute atomic E-state index is 1.00. The molecule has 0 unspecified atom stereocenters. The SMILES string of the molecule is CCCC[Si](CCCC)(CCCI)OCCC. The topological polar surface area (TPSA) is 9.23 Å². The molecule has 0 radical (unpaired) electrons. The van der Waals surface area contributed by atoms with E-state index in [-0.39, 0.29) is 0 Å². The molecule has 0 amide bonds. The Morgan fingerprint density at radius 3 is 1.76 bits per heavy atom. The average molecular weight is 370 g/mol. The molecular formula is C14H31IOSi. The Bertz CT molecular complexity index is 127. The molecule has 0 aliphatic rings. The zero-order chi connectivity index (χ0) is 13.0. The van der Waals surface area contributed by atoms with Crippen molar-refractivity contribution in [1.29, 1.82) is 0 Å². The summed E-state index contributed by atoms with van der Waals surface area (Å²) >= 11 is 2.51. The van der Waals surface area contributed by atoms with Crippen molar-refractivity contribution in [1.82, 2.24) is 0 Å². The molecule has 0 saturated carbocycles. The maximum Gasteiger partial charge on any atom is 0.192 e. The Balaban J connectivity index is 4.39. The van der Waals surface area contributed by atoms with Crippen LogP contribution in [0.5, 0.6) is 0 Å². The van der Waals surface area contributed by atoms with Gasteiger partial charge in [0.1, 0.15) is 0 Å². The summed E-state index contributed by atoms with van der Waals surface area (Å²) in [4.78, 5) is 0. The molecular weight excluding hydrogens is 339 g/mol.